The molecule has 0 aliphatic carbocycles. The monoisotopic (exact) mass is 393 g/mol. The van der Waals surface area contributed by atoms with E-state index in [1.165, 1.54) is 44.4 Å². The SMILES string of the molecule is COc1ccc([N+](=O)[O-])cc1NC(=O)[C@H](C)OC(=O)c1ccc(Cl)cc1N. The molecule has 3 N–H and O–H groups in total. The molecule has 0 saturated carbocycles. The van der Waals surface area contributed by atoms with Crippen LogP contribution in [0.2, 0.25) is 5.02 Å². The Bertz CT molecular complexity index is 902. The van der Waals surface area contributed by atoms with Gasteiger partial charge in [0.15, 0.2) is 6.10 Å². The van der Waals surface area contributed by atoms with Gasteiger partial charge < -0.3 is 20.5 Å². The second-order valence-corrected chi connectivity index (χ2v) is 5.85. The lowest BCUT2D eigenvalue weighted by molar-refractivity contribution is -0.384. The highest BCUT2D eigenvalue weighted by atomic mass is 35.5. The summed E-state index contributed by atoms with van der Waals surface area (Å²) in [7, 11) is 1.35. The largest absolute Gasteiger partial charge is 0.495 e. The number of carbonyl (C=O) groups is 2. The van der Waals surface area contributed by atoms with Gasteiger partial charge in [-0.3, -0.25) is 14.9 Å². The van der Waals surface area contributed by atoms with Crippen molar-refractivity contribution in [1.29, 1.82) is 0 Å². The fourth-order valence-corrected chi connectivity index (χ4v) is 2.32. The number of methoxy groups -OCH3 is 1. The van der Waals surface area contributed by atoms with Gasteiger partial charge in [0.1, 0.15) is 5.75 Å². The smallest absolute Gasteiger partial charge is 0.341 e. The van der Waals surface area contributed by atoms with Crippen molar-refractivity contribution >= 4 is 40.5 Å². The number of benzene rings is 2. The summed E-state index contributed by atoms with van der Waals surface area (Å²) in [5.74, 6) is -1.29. The maximum absolute atomic E-state index is 12.3. The molecule has 1 atom stereocenters. The lowest BCUT2D eigenvalue weighted by Gasteiger charge is -2.15. The fraction of sp³-hybridized carbons (Fsp3) is 0.176. The minimum Gasteiger partial charge on any atom is -0.495 e. The van der Waals surface area contributed by atoms with Gasteiger partial charge in [-0.15, -0.1) is 0 Å². The van der Waals surface area contributed by atoms with E-state index >= 15 is 0 Å². The Morgan fingerprint density at radius 1 is 1.26 bits per heavy atom. The van der Waals surface area contributed by atoms with E-state index in [1.807, 2.05) is 0 Å². The van der Waals surface area contributed by atoms with E-state index in [2.05, 4.69) is 5.32 Å². The van der Waals surface area contributed by atoms with Crippen LogP contribution in [-0.4, -0.2) is 30.0 Å². The van der Waals surface area contributed by atoms with Crippen molar-refractivity contribution in [2.45, 2.75) is 13.0 Å². The number of rotatable bonds is 6. The van der Waals surface area contributed by atoms with Gasteiger partial charge in [0.25, 0.3) is 11.6 Å². The Morgan fingerprint density at radius 2 is 1.96 bits per heavy atom. The summed E-state index contributed by atoms with van der Waals surface area (Å²) in [5.41, 5.74) is 5.73. The van der Waals surface area contributed by atoms with Crippen LogP contribution in [0.25, 0.3) is 0 Å². The third-order valence-corrected chi connectivity index (χ3v) is 3.77. The zero-order valence-corrected chi connectivity index (χ0v) is 15.1. The van der Waals surface area contributed by atoms with Crippen LogP contribution in [0.15, 0.2) is 36.4 Å². The van der Waals surface area contributed by atoms with Gasteiger partial charge >= 0.3 is 5.97 Å². The third-order valence-electron chi connectivity index (χ3n) is 3.54. The molecule has 2 aromatic carbocycles. The number of carbonyl (C=O) groups excluding carboxylic acids is 2. The Morgan fingerprint density at radius 3 is 2.56 bits per heavy atom. The zero-order chi connectivity index (χ0) is 20.1. The van der Waals surface area contributed by atoms with Crippen molar-refractivity contribution in [2.75, 3.05) is 18.2 Å². The maximum atomic E-state index is 12.3. The van der Waals surface area contributed by atoms with Crippen LogP contribution in [0.4, 0.5) is 17.1 Å². The molecule has 142 valence electrons. The first kappa shape index (κ1) is 20.0. The number of hydrogen-bond donors (Lipinski definition) is 2. The van der Waals surface area contributed by atoms with Crippen LogP contribution in [0.3, 0.4) is 0 Å². The molecule has 0 radical (unpaired) electrons. The first-order chi connectivity index (χ1) is 12.7. The van der Waals surface area contributed by atoms with Gasteiger partial charge in [0, 0.05) is 22.8 Å². The van der Waals surface area contributed by atoms with Crippen molar-refractivity contribution in [2.24, 2.45) is 0 Å². The standard InChI is InChI=1S/C17H16ClN3O6/c1-9(27-17(23)12-5-3-10(18)7-13(12)19)16(22)20-14-8-11(21(24)25)4-6-15(14)26-2/h3-9H,19H2,1-2H3,(H,20,22)/t9-/m0/s1. The Hall–Kier alpha value is -3.33. The number of nitro groups is 1. The Balaban J connectivity index is 2.12. The van der Waals surface area contributed by atoms with Crippen molar-refractivity contribution in [3.8, 4) is 5.75 Å². The van der Waals surface area contributed by atoms with E-state index < -0.39 is 22.9 Å². The van der Waals surface area contributed by atoms with Crippen LogP contribution < -0.4 is 15.8 Å². The number of nitrogen functional groups attached to an aromatic ring is 1. The number of anilines is 2. The summed E-state index contributed by atoms with van der Waals surface area (Å²) >= 11 is 5.78. The third kappa shape index (κ3) is 4.85. The normalized spacial score (nSPS) is 11.4. The summed E-state index contributed by atoms with van der Waals surface area (Å²) < 4.78 is 10.2. The van der Waals surface area contributed by atoms with Crippen LogP contribution in [0.1, 0.15) is 17.3 Å². The lowest BCUT2D eigenvalue weighted by Crippen LogP contribution is -2.30. The topological polar surface area (TPSA) is 134 Å². The molecule has 2 aromatic rings. The van der Waals surface area contributed by atoms with Crippen LogP contribution in [0.5, 0.6) is 5.75 Å². The van der Waals surface area contributed by atoms with Crippen LogP contribution >= 0.6 is 11.6 Å². The predicted octanol–water partition coefficient (Wildman–Crippen LogP) is 3.02. The molecule has 0 fully saturated rings. The average molecular weight is 394 g/mol. The van der Waals surface area contributed by atoms with Crippen molar-refractivity contribution in [3.63, 3.8) is 0 Å². The average Bonchev–Trinajstić information content (AvgIpc) is 2.61. The minimum atomic E-state index is -1.20. The van der Waals surface area contributed by atoms with Crippen molar-refractivity contribution < 1.29 is 24.0 Å². The van der Waals surface area contributed by atoms with Gasteiger partial charge in [-0.1, -0.05) is 11.6 Å². The Kier molecular flexibility index (Phi) is 6.19. The minimum absolute atomic E-state index is 0.0620. The molecule has 0 bridgehead atoms. The highest BCUT2D eigenvalue weighted by Crippen LogP contribution is 2.29. The van der Waals surface area contributed by atoms with E-state index in [4.69, 9.17) is 26.8 Å². The second kappa shape index (κ2) is 8.37. The summed E-state index contributed by atoms with van der Waals surface area (Å²) in [5, 5.41) is 13.7. The lowest BCUT2D eigenvalue weighted by atomic mass is 10.2. The fourth-order valence-electron chi connectivity index (χ4n) is 2.14. The van der Waals surface area contributed by atoms with E-state index in [0.29, 0.717) is 5.02 Å². The molecule has 0 aliphatic rings. The molecule has 0 spiro atoms. The molecular formula is C17H16ClN3O6. The highest BCUT2D eigenvalue weighted by Gasteiger charge is 2.22. The predicted molar refractivity (Wildman–Crippen MR) is 99.0 cm³/mol. The van der Waals surface area contributed by atoms with Crippen molar-refractivity contribution in [1.82, 2.24) is 0 Å². The van der Waals surface area contributed by atoms with Crippen molar-refractivity contribution in [3.05, 3.63) is 57.1 Å². The van der Waals surface area contributed by atoms with E-state index in [9.17, 15) is 19.7 Å². The molecule has 10 heteroatoms. The molecule has 1 amide bonds. The van der Waals surface area contributed by atoms with Gasteiger partial charge in [-0.25, -0.2) is 4.79 Å². The highest BCUT2D eigenvalue weighted by molar-refractivity contribution is 6.31. The number of non-ortho nitro benzene ring substituents is 1. The van der Waals surface area contributed by atoms with Crippen LogP contribution in [-0.2, 0) is 9.53 Å². The summed E-state index contributed by atoms with van der Waals surface area (Å²) in [4.78, 5) is 34.8. The number of halogens is 1. The first-order valence-electron chi connectivity index (χ1n) is 7.62. The summed E-state index contributed by atoms with van der Waals surface area (Å²) in [6, 6.07) is 7.96. The number of hydrogen-bond acceptors (Lipinski definition) is 7. The molecule has 0 aliphatic heterocycles. The number of nitro benzene ring substituents is 1. The molecular weight excluding hydrogens is 378 g/mol. The van der Waals surface area contributed by atoms with Crippen LogP contribution in [0, 0.1) is 10.1 Å². The molecule has 27 heavy (non-hydrogen) atoms. The zero-order valence-electron chi connectivity index (χ0n) is 14.4. The number of amides is 1. The van der Waals surface area contributed by atoms with Gasteiger partial charge in [-0.2, -0.15) is 0 Å². The second-order valence-electron chi connectivity index (χ2n) is 5.41. The molecule has 0 saturated heterocycles. The first-order valence-corrected chi connectivity index (χ1v) is 8.00. The van der Waals surface area contributed by atoms with Gasteiger partial charge in [0.2, 0.25) is 0 Å². The Labute approximate surface area is 159 Å². The van der Waals surface area contributed by atoms with E-state index in [1.54, 1.807) is 0 Å². The summed E-state index contributed by atoms with van der Waals surface area (Å²) in [6.45, 7) is 1.35. The number of nitrogens with two attached hydrogens (primary N) is 1. The van der Waals surface area contributed by atoms with Gasteiger partial charge in [0.05, 0.1) is 23.3 Å². The number of nitrogens with zero attached hydrogens (tertiary/aromatic N) is 1. The number of esters is 1. The van der Waals surface area contributed by atoms with E-state index in [0.717, 1.165) is 6.07 Å². The molecule has 0 heterocycles. The maximum Gasteiger partial charge on any atom is 0.341 e. The van der Waals surface area contributed by atoms with Gasteiger partial charge in [-0.05, 0) is 31.2 Å². The molecule has 0 aromatic heterocycles. The molecule has 0 unspecified atom stereocenters. The number of ether oxygens (including phenoxy) is 2. The van der Waals surface area contributed by atoms with E-state index in [-0.39, 0.29) is 28.4 Å². The molecule has 2 rings (SSSR count). The summed E-state index contributed by atoms with van der Waals surface area (Å²) in [6.07, 6.45) is -1.20. The quantitative estimate of drug-likeness (QED) is 0.333. The number of nitrogens with one attached hydrogen (secondary N) is 1. The molecule has 9 nitrogen and oxygen atoms in total.